The second-order valence-corrected chi connectivity index (χ2v) is 5.76. The van der Waals surface area contributed by atoms with E-state index in [9.17, 15) is 4.79 Å². The number of carbonyl (C=O) groups excluding carboxylic acids is 1. The lowest BCUT2D eigenvalue weighted by molar-refractivity contribution is -0.148. The molecule has 1 aromatic rings. The van der Waals surface area contributed by atoms with Crippen molar-refractivity contribution in [2.45, 2.75) is 38.8 Å². The number of likely N-dealkylation sites (tertiary alicyclic amines) is 1. The number of anilines is 1. The van der Waals surface area contributed by atoms with Crippen LogP contribution in [0.1, 0.15) is 25.8 Å². The van der Waals surface area contributed by atoms with Gasteiger partial charge >= 0.3 is 5.97 Å². The summed E-state index contributed by atoms with van der Waals surface area (Å²) >= 11 is 0. The molecular weight excluding hydrogens is 252 g/mol. The Labute approximate surface area is 121 Å². The predicted octanol–water partition coefficient (Wildman–Crippen LogP) is 2.43. The predicted molar refractivity (Wildman–Crippen MR) is 80.9 cm³/mol. The van der Waals surface area contributed by atoms with Crippen LogP contribution in [-0.4, -0.2) is 42.6 Å². The number of likely N-dealkylation sites (N-methyl/N-ethyl adjacent to an activating group) is 1. The molecule has 1 aliphatic heterocycles. The standard InChI is InChI=1S/C16H24N2O2/c1-5-20-15(19)16(10-13(3)18(4)11-16)17-14-8-6-12(2)7-9-14/h6-9,13,17H,5,10-11H2,1-4H3. The van der Waals surface area contributed by atoms with E-state index < -0.39 is 5.54 Å². The van der Waals surface area contributed by atoms with Crippen LogP contribution < -0.4 is 5.32 Å². The van der Waals surface area contributed by atoms with Crippen molar-refractivity contribution in [3.63, 3.8) is 0 Å². The van der Waals surface area contributed by atoms with Gasteiger partial charge in [0.25, 0.3) is 0 Å². The van der Waals surface area contributed by atoms with Gasteiger partial charge in [-0.15, -0.1) is 0 Å². The fraction of sp³-hybridized carbons (Fsp3) is 0.562. The van der Waals surface area contributed by atoms with E-state index in [0.717, 1.165) is 12.1 Å². The van der Waals surface area contributed by atoms with Crippen LogP contribution in [-0.2, 0) is 9.53 Å². The minimum absolute atomic E-state index is 0.156. The number of hydrogen-bond acceptors (Lipinski definition) is 4. The smallest absolute Gasteiger partial charge is 0.333 e. The van der Waals surface area contributed by atoms with Crippen molar-refractivity contribution in [2.24, 2.45) is 0 Å². The molecule has 110 valence electrons. The average Bonchev–Trinajstić information content (AvgIpc) is 2.69. The first-order valence-corrected chi connectivity index (χ1v) is 7.19. The van der Waals surface area contributed by atoms with Crippen LogP contribution in [0.25, 0.3) is 0 Å². The van der Waals surface area contributed by atoms with Gasteiger partial charge in [0.1, 0.15) is 5.54 Å². The Kier molecular flexibility index (Phi) is 4.33. The quantitative estimate of drug-likeness (QED) is 0.858. The molecule has 1 aliphatic rings. The number of benzene rings is 1. The van der Waals surface area contributed by atoms with Crippen LogP contribution in [0.4, 0.5) is 5.69 Å². The molecule has 0 aromatic heterocycles. The topological polar surface area (TPSA) is 41.6 Å². The fourth-order valence-corrected chi connectivity index (χ4v) is 2.78. The van der Waals surface area contributed by atoms with Crippen LogP contribution in [0.2, 0.25) is 0 Å². The average molecular weight is 276 g/mol. The number of carbonyl (C=O) groups is 1. The molecule has 1 aromatic carbocycles. The highest BCUT2D eigenvalue weighted by atomic mass is 16.5. The largest absolute Gasteiger partial charge is 0.464 e. The molecule has 0 amide bonds. The summed E-state index contributed by atoms with van der Waals surface area (Å²) in [5, 5.41) is 3.41. The van der Waals surface area contributed by atoms with Gasteiger partial charge in [-0.05, 0) is 46.4 Å². The molecule has 1 saturated heterocycles. The Hall–Kier alpha value is -1.55. The van der Waals surface area contributed by atoms with Gasteiger partial charge in [-0.25, -0.2) is 4.79 Å². The van der Waals surface area contributed by atoms with Crippen molar-refractivity contribution in [3.05, 3.63) is 29.8 Å². The molecule has 0 radical (unpaired) electrons. The second-order valence-electron chi connectivity index (χ2n) is 5.76. The Morgan fingerprint density at radius 3 is 2.60 bits per heavy atom. The fourth-order valence-electron chi connectivity index (χ4n) is 2.78. The van der Waals surface area contributed by atoms with Gasteiger partial charge in [0.05, 0.1) is 6.61 Å². The van der Waals surface area contributed by atoms with E-state index in [1.165, 1.54) is 5.56 Å². The van der Waals surface area contributed by atoms with Gasteiger partial charge in [-0.1, -0.05) is 17.7 Å². The lowest BCUT2D eigenvalue weighted by atomic mass is 9.95. The molecule has 1 heterocycles. The summed E-state index contributed by atoms with van der Waals surface area (Å²) < 4.78 is 5.29. The molecule has 0 saturated carbocycles. The summed E-state index contributed by atoms with van der Waals surface area (Å²) in [4.78, 5) is 14.6. The van der Waals surface area contributed by atoms with Gasteiger partial charge < -0.3 is 15.0 Å². The third-order valence-corrected chi connectivity index (χ3v) is 4.02. The van der Waals surface area contributed by atoms with E-state index in [2.05, 4.69) is 24.1 Å². The van der Waals surface area contributed by atoms with Crippen LogP contribution >= 0.6 is 0 Å². The van der Waals surface area contributed by atoms with E-state index in [1.54, 1.807) is 0 Å². The number of esters is 1. The summed E-state index contributed by atoms with van der Waals surface area (Å²) in [6, 6.07) is 8.47. The van der Waals surface area contributed by atoms with E-state index in [4.69, 9.17) is 4.74 Å². The van der Waals surface area contributed by atoms with E-state index in [-0.39, 0.29) is 5.97 Å². The minimum Gasteiger partial charge on any atom is -0.464 e. The van der Waals surface area contributed by atoms with Crippen molar-refractivity contribution in [2.75, 3.05) is 25.5 Å². The third-order valence-electron chi connectivity index (χ3n) is 4.02. The number of nitrogens with zero attached hydrogens (tertiary/aromatic N) is 1. The Morgan fingerprint density at radius 1 is 1.45 bits per heavy atom. The Bertz CT molecular complexity index is 460. The molecule has 2 atom stereocenters. The molecule has 0 spiro atoms. The second kappa shape index (κ2) is 5.83. The SMILES string of the molecule is CCOC(=O)C1(Nc2ccc(C)cc2)CC(C)N(C)C1. The van der Waals surface area contributed by atoms with Crippen LogP contribution in [0.5, 0.6) is 0 Å². The highest BCUT2D eigenvalue weighted by Gasteiger charge is 2.48. The molecule has 20 heavy (non-hydrogen) atoms. The summed E-state index contributed by atoms with van der Waals surface area (Å²) in [5.74, 6) is -0.156. The normalized spacial score (nSPS) is 26.5. The number of aryl methyl sites for hydroxylation is 1. The maximum atomic E-state index is 12.4. The zero-order valence-corrected chi connectivity index (χ0v) is 12.8. The van der Waals surface area contributed by atoms with Crippen LogP contribution in [0.3, 0.4) is 0 Å². The van der Waals surface area contributed by atoms with Crippen molar-refractivity contribution >= 4 is 11.7 Å². The van der Waals surface area contributed by atoms with Crippen molar-refractivity contribution < 1.29 is 9.53 Å². The molecule has 1 N–H and O–H groups in total. The number of hydrogen-bond donors (Lipinski definition) is 1. The summed E-state index contributed by atoms with van der Waals surface area (Å²) in [5.41, 5.74) is 1.53. The van der Waals surface area contributed by atoms with Crippen LogP contribution in [0, 0.1) is 6.92 Å². The first-order valence-electron chi connectivity index (χ1n) is 7.19. The zero-order chi connectivity index (χ0) is 14.8. The Morgan fingerprint density at radius 2 is 2.10 bits per heavy atom. The van der Waals surface area contributed by atoms with Crippen LogP contribution in [0.15, 0.2) is 24.3 Å². The highest BCUT2D eigenvalue weighted by Crippen LogP contribution is 2.31. The summed E-state index contributed by atoms with van der Waals surface area (Å²) in [6.45, 7) is 7.11. The highest BCUT2D eigenvalue weighted by molar-refractivity contribution is 5.85. The Balaban J connectivity index is 2.23. The van der Waals surface area contributed by atoms with E-state index >= 15 is 0 Å². The van der Waals surface area contributed by atoms with Gasteiger partial charge in [0.15, 0.2) is 0 Å². The van der Waals surface area contributed by atoms with Crippen molar-refractivity contribution in [1.29, 1.82) is 0 Å². The molecule has 2 rings (SSSR count). The number of ether oxygens (including phenoxy) is 1. The van der Waals surface area contributed by atoms with Crippen molar-refractivity contribution in [3.8, 4) is 0 Å². The first kappa shape index (κ1) is 14.9. The first-order chi connectivity index (χ1) is 9.47. The molecule has 4 nitrogen and oxygen atoms in total. The molecule has 0 aliphatic carbocycles. The molecule has 2 unspecified atom stereocenters. The van der Waals surface area contributed by atoms with Gasteiger partial charge in [-0.2, -0.15) is 0 Å². The maximum absolute atomic E-state index is 12.4. The van der Waals surface area contributed by atoms with Gasteiger partial charge in [0.2, 0.25) is 0 Å². The zero-order valence-electron chi connectivity index (χ0n) is 12.8. The minimum atomic E-state index is -0.639. The van der Waals surface area contributed by atoms with E-state index in [0.29, 0.717) is 19.2 Å². The summed E-state index contributed by atoms with van der Waals surface area (Å²) in [6.07, 6.45) is 0.760. The van der Waals surface area contributed by atoms with Gasteiger partial charge in [0, 0.05) is 18.3 Å². The van der Waals surface area contributed by atoms with Crippen molar-refractivity contribution in [1.82, 2.24) is 4.90 Å². The summed E-state index contributed by atoms with van der Waals surface area (Å²) in [7, 11) is 2.04. The maximum Gasteiger partial charge on any atom is 0.333 e. The number of rotatable bonds is 4. The molecule has 1 fully saturated rings. The lowest BCUT2D eigenvalue weighted by Gasteiger charge is -2.29. The number of nitrogens with one attached hydrogen (secondary N) is 1. The lowest BCUT2D eigenvalue weighted by Crippen LogP contribution is -2.49. The monoisotopic (exact) mass is 276 g/mol. The van der Waals surface area contributed by atoms with E-state index in [1.807, 2.05) is 38.2 Å². The third kappa shape index (κ3) is 2.96. The molecular formula is C16H24N2O2. The van der Waals surface area contributed by atoms with Gasteiger partial charge in [-0.3, -0.25) is 0 Å². The molecule has 0 bridgehead atoms. The molecule has 4 heteroatoms.